The highest BCUT2D eigenvalue weighted by atomic mass is 32.2. The molecule has 2 aromatic carbocycles. The van der Waals surface area contributed by atoms with Crippen molar-refractivity contribution in [3.63, 3.8) is 0 Å². The minimum absolute atomic E-state index is 0.0306. The first kappa shape index (κ1) is 21.0. The van der Waals surface area contributed by atoms with Crippen LogP contribution in [0.25, 0.3) is 0 Å². The zero-order valence-corrected chi connectivity index (χ0v) is 18.1. The van der Waals surface area contributed by atoms with Crippen molar-refractivity contribution in [2.45, 2.75) is 38.3 Å². The number of nitrogens with zero attached hydrogens (tertiary/aromatic N) is 2. The van der Waals surface area contributed by atoms with Crippen LogP contribution in [0.4, 0.5) is 10.1 Å². The molecule has 0 aromatic heterocycles. The Bertz CT molecular complexity index is 1040. The fraction of sp³-hybridized carbons (Fsp3) is 0.435. The van der Waals surface area contributed by atoms with Crippen LogP contribution in [0, 0.1) is 5.82 Å². The fourth-order valence-electron chi connectivity index (χ4n) is 4.52. The zero-order chi connectivity index (χ0) is 21.5. The Hall–Kier alpha value is -2.25. The van der Waals surface area contributed by atoms with Gasteiger partial charge in [-0.1, -0.05) is 44.2 Å². The second-order valence-corrected chi connectivity index (χ2v) is 10.7. The molecule has 2 saturated heterocycles. The zero-order valence-electron chi connectivity index (χ0n) is 17.3. The molecule has 2 aliphatic rings. The van der Waals surface area contributed by atoms with Gasteiger partial charge in [-0.05, 0) is 41.7 Å². The number of benzene rings is 2. The van der Waals surface area contributed by atoms with Crippen LogP contribution >= 0.6 is 0 Å². The molecule has 30 heavy (non-hydrogen) atoms. The number of carbonyl (C=O) groups excluding carboxylic acids is 1. The first-order valence-corrected chi connectivity index (χ1v) is 12.2. The SMILES string of the molecule is CC(C)c1ccc(N2C(=O)CN(CCc3ccccc3F)[C@H]3CS(=O)(=O)C[C@@H]32)cc1. The van der Waals surface area contributed by atoms with E-state index in [2.05, 4.69) is 13.8 Å². The highest BCUT2D eigenvalue weighted by molar-refractivity contribution is 7.91. The predicted molar refractivity (Wildman–Crippen MR) is 116 cm³/mol. The third-order valence-corrected chi connectivity index (χ3v) is 7.86. The minimum Gasteiger partial charge on any atom is -0.306 e. The summed E-state index contributed by atoms with van der Waals surface area (Å²) in [5.74, 6) is -0.0130. The molecule has 4 rings (SSSR count). The number of rotatable bonds is 5. The largest absolute Gasteiger partial charge is 0.306 e. The number of piperazine rings is 1. The fourth-order valence-corrected chi connectivity index (χ4v) is 6.50. The van der Waals surface area contributed by atoms with Crippen LogP contribution in [-0.2, 0) is 21.1 Å². The Morgan fingerprint density at radius 3 is 2.37 bits per heavy atom. The van der Waals surface area contributed by atoms with Gasteiger partial charge in [0.05, 0.1) is 24.1 Å². The lowest BCUT2D eigenvalue weighted by Gasteiger charge is -2.43. The van der Waals surface area contributed by atoms with Gasteiger partial charge in [-0.2, -0.15) is 0 Å². The topological polar surface area (TPSA) is 57.7 Å². The van der Waals surface area contributed by atoms with Crippen LogP contribution in [0.3, 0.4) is 0 Å². The lowest BCUT2D eigenvalue weighted by atomic mass is 10.00. The van der Waals surface area contributed by atoms with Gasteiger partial charge in [0.2, 0.25) is 5.91 Å². The average Bonchev–Trinajstić information content (AvgIpc) is 3.02. The van der Waals surface area contributed by atoms with Crippen molar-refractivity contribution >= 4 is 21.4 Å². The molecule has 0 saturated carbocycles. The first-order valence-electron chi connectivity index (χ1n) is 10.3. The summed E-state index contributed by atoms with van der Waals surface area (Å²) in [7, 11) is -3.25. The Balaban J connectivity index is 1.58. The van der Waals surface area contributed by atoms with Crippen molar-refractivity contribution in [2.75, 3.05) is 29.5 Å². The van der Waals surface area contributed by atoms with Crippen LogP contribution in [0.1, 0.15) is 30.9 Å². The van der Waals surface area contributed by atoms with E-state index in [-0.39, 0.29) is 35.8 Å². The normalized spacial score (nSPS) is 23.7. The van der Waals surface area contributed by atoms with Gasteiger partial charge >= 0.3 is 0 Å². The smallest absolute Gasteiger partial charge is 0.241 e. The van der Waals surface area contributed by atoms with Crippen LogP contribution in [-0.4, -0.2) is 55.9 Å². The maximum atomic E-state index is 14.0. The third kappa shape index (κ3) is 4.14. The van der Waals surface area contributed by atoms with E-state index in [0.29, 0.717) is 24.4 Å². The summed E-state index contributed by atoms with van der Waals surface area (Å²) in [5, 5.41) is 0. The Morgan fingerprint density at radius 1 is 1.03 bits per heavy atom. The van der Waals surface area contributed by atoms with Crippen LogP contribution < -0.4 is 4.90 Å². The molecule has 0 unspecified atom stereocenters. The standard InChI is InChI=1S/C23H27FN2O3S/c1-16(2)17-7-9-19(10-8-17)26-22-15-30(28,29)14-21(22)25(13-23(26)27)12-11-18-5-3-4-6-20(18)24/h3-10,16,21-22H,11-15H2,1-2H3/t21-,22-/m0/s1. The molecule has 7 heteroatoms. The molecule has 0 aliphatic carbocycles. The lowest BCUT2D eigenvalue weighted by molar-refractivity contribution is -0.123. The van der Waals surface area contributed by atoms with Crippen molar-refractivity contribution < 1.29 is 17.6 Å². The molecule has 0 radical (unpaired) electrons. The monoisotopic (exact) mass is 430 g/mol. The van der Waals surface area contributed by atoms with E-state index >= 15 is 0 Å². The summed E-state index contributed by atoms with van der Waals surface area (Å²) in [6.45, 7) is 4.79. The Kier molecular flexibility index (Phi) is 5.68. The molecule has 0 spiro atoms. The van der Waals surface area contributed by atoms with E-state index in [0.717, 1.165) is 5.69 Å². The highest BCUT2D eigenvalue weighted by Crippen LogP contribution is 2.32. The van der Waals surface area contributed by atoms with Crippen LogP contribution in [0.15, 0.2) is 48.5 Å². The quantitative estimate of drug-likeness (QED) is 0.732. The summed E-state index contributed by atoms with van der Waals surface area (Å²) in [4.78, 5) is 16.7. The van der Waals surface area contributed by atoms with Gasteiger partial charge in [0.15, 0.2) is 9.84 Å². The van der Waals surface area contributed by atoms with Crippen molar-refractivity contribution in [1.82, 2.24) is 4.90 Å². The van der Waals surface area contributed by atoms with Crippen molar-refractivity contribution in [3.8, 4) is 0 Å². The van der Waals surface area contributed by atoms with Gasteiger partial charge in [-0.15, -0.1) is 0 Å². The number of amides is 1. The number of hydrogen-bond acceptors (Lipinski definition) is 4. The average molecular weight is 431 g/mol. The molecule has 160 valence electrons. The van der Waals surface area contributed by atoms with Crippen molar-refractivity contribution in [2.24, 2.45) is 0 Å². The van der Waals surface area contributed by atoms with Gasteiger partial charge in [-0.3, -0.25) is 9.69 Å². The molecular weight excluding hydrogens is 403 g/mol. The van der Waals surface area contributed by atoms with Crippen molar-refractivity contribution in [3.05, 3.63) is 65.5 Å². The number of carbonyl (C=O) groups is 1. The van der Waals surface area contributed by atoms with E-state index in [4.69, 9.17) is 0 Å². The van der Waals surface area contributed by atoms with Crippen LogP contribution in [0.2, 0.25) is 0 Å². The summed E-state index contributed by atoms with van der Waals surface area (Å²) in [5.41, 5.74) is 2.49. The number of sulfone groups is 1. The molecule has 2 aliphatic heterocycles. The molecule has 1 amide bonds. The van der Waals surface area contributed by atoms with Crippen molar-refractivity contribution in [1.29, 1.82) is 0 Å². The van der Waals surface area contributed by atoms with Gasteiger partial charge < -0.3 is 4.90 Å². The van der Waals surface area contributed by atoms with Gasteiger partial charge in [-0.25, -0.2) is 12.8 Å². The molecule has 2 heterocycles. The van der Waals surface area contributed by atoms with Gasteiger partial charge in [0, 0.05) is 18.3 Å². The number of halogens is 1. The van der Waals surface area contributed by atoms with E-state index in [9.17, 15) is 17.6 Å². The second kappa shape index (κ2) is 8.12. The molecular formula is C23H27FN2O3S. The third-order valence-electron chi connectivity index (χ3n) is 6.17. The minimum atomic E-state index is -3.25. The summed E-state index contributed by atoms with van der Waals surface area (Å²) in [6.07, 6.45) is 0.437. The predicted octanol–water partition coefficient (Wildman–Crippen LogP) is 3.01. The van der Waals surface area contributed by atoms with E-state index in [1.54, 1.807) is 23.1 Å². The Morgan fingerprint density at radius 2 is 1.70 bits per heavy atom. The second-order valence-electron chi connectivity index (χ2n) is 8.53. The summed E-state index contributed by atoms with van der Waals surface area (Å²) < 4.78 is 38.9. The molecule has 0 N–H and O–H groups in total. The van der Waals surface area contributed by atoms with E-state index in [1.807, 2.05) is 29.2 Å². The van der Waals surface area contributed by atoms with Crippen LogP contribution in [0.5, 0.6) is 0 Å². The molecule has 2 aromatic rings. The highest BCUT2D eigenvalue weighted by Gasteiger charge is 2.49. The maximum Gasteiger partial charge on any atom is 0.241 e. The molecule has 2 fully saturated rings. The van der Waals surface area contributed by atoms with Gasteiger partial charge in [0.25, 0.3) is 0 Å². The van der Waals surface area contributed by atoms with E-state index < -0.39 is 15.9 Å². The number of hydrogen-bond donors (Lipinski definition) is 0. The Labute approximate surface area is 177 Å². The molecule has 5 nitrogen and oxygen atoms in total. The number of fused-ring (bicyclic) bond motifs is 1. The molecule has 2 atom stereocenters. The van der Waals surface area contributed by atoms with Gasteiger partial charge in [0.1, 0.15) is 5.82 Å². The summed E-state index contributed by atoms with van der Waals surface area (Å²) in [6, 6.07) is 13.7. The first-order chi connectivity index (χ1) is 14.2. The summed E-state index contributed by atoms with van der Waals surface area (Å²) >= 11 is 0. The van der Waals surface area contributed by atoms with E-state index in [1.165, 1.54) is 11.6 Å². The maximum absolute atomic E-state index is 14.0. The number of anilines is 1. The molecule has 0 bridgehead atoms. The lowest BCUT2D eigenvalue weighted by Crippen LogP contribution is -2.62.